The lowest BCUT2D eigenvalue weighted by Crippen LogP contribution is -2.32. The summed E-state index contributed by atoms with van der Waals surface area (Å²) in [7, 11) is 0. The zero-order chi connectivity index (χ0) is 23.5. The van der Waals surface area contributed by atoms with E-state index in [9.17, 15) is 9.18 Å². The molecule has 0 aliphatic carbocycles. The average molecular weight is 447 g/mol. The molecule has 2 aliphatic rings. The summed E-state index contributed by atoms with van der Waals surface area (Å²) in [5, 5.41) is 13.4. The maximum absolute atomic E-state index is 14.0. The summed E-state index contributed by atoms with van der Waals surface area (Å²) in [4.78, 5) is 14.1. The van der Waals surface area contributed by atoms with Crippen LogP contribution in [0.15, 0.2) is 36.5 Å². The van der Waals surface area contributed by atoms with E-state index in [0.29, 0.717) is 17.9 Å². The van der Waals surface area contributed by atoms with Crippen molar-refractivity contribution >= 4 is 5.97 Å². The summed E-state index contributed by atoms with van der Waals surface area (Å²) in [5.74, 6) is -0.758. The first-order valence-electron chi connectivity index (χ1n) is 11.3. The van der Waals surface area contributed by atoms with Crippen molar-refractivity contribution in [2.45, 2.75) is 46.8 Å². The number of esters is 1. The number of cyclic esters (lactones) is 1. The fraction of sp³-hybridized carbons (Fsp3) is 0.346. The molecule has 2 aromatic carbocycles. The fourth-order valence-electron chi connectivity index (χ4n) is 4.48. The van der Waals surface area contributed by atoms with Crippen molar-refractivity contribution in [1.82, 2.24) is 14.7 Å². The van der Waals surface area contributed by atoms with Crippen molar-refractivity contribution in [1.29, 1.82) is 5.26 Å². The summed E-state index contributed by atoms with van der Waals surface area (Å²) >= 11 is 0. The molecule has 3 heterocycles. The zero-order valence-corrected chi connectivity index (χ0v) is 19.2. The number of halogens is 1. The van der Waals surface area contributed by atoms with Crippen molar-refractivity contribution < 1.29 is 13.9 Å². The molecule has 0 saturated heterocycles. The summed E-state index contributed by atoms with van der Waals surface area (Å²) in [6.07, 6.45) is 3.57. The average Bonchev–Trinajstić information content (AvgIpc) is 3.43. The maximum Gasteiger partial charge on any atom is 0.338 e. The van der Waals surface area contributed by atoms with Crippen LogP contribution in [0.1, 0.15) is 57.7 Å². The van der Waals surface area contributed by atoms with E-state index < -0.39 is 5.82 Å². The normalized spacial score (nSPS) is 14.6. The smallest absolute Gasteiger partial charge is 0.338 e. The van der Waals surface area contributed by atoms with Crippen LogP contribution in [0.2, 0.25) is 0 Å². The van der Waals surface area contributed by atoms with Crippen molar-refractivity contribution in [3.05, 3.63) is 81.4 Å². The Morgan fingerprint density at radius 1 is 1.24 bits per heavy atom. The minimum atomic E-state index is -0.529. The number of nitrogens with zero attached hydrogens (tertiary/aromatic N) is 4. The molecule has 170 valence electrons. The van der Waals surface area contributed by atoms with Crippen LogP contribution in [0.3, 0.4) is 0 Å². The summed E-state index contributed by atoms with van der Waals surface area (Å²) in [6.45, 7) is 9.02. The standard InChI is InChI=1S/C24H21FN4O2.C2H6/c1-15-16(3-5-20-21(15)14-31-24(20)30)6-8-28-9-7-23-18(13-28)12-27-29(23)19-4-2-17(11-26)22(25)10-19;1-2/h2-5,10,12H,6-9,13-14H2,1H3;1-2H3. The van der Waals surface area contributed by atoms with Crippen LogP contribution < -0.4 is 0 Å². The molecular weight excluding hydrogens is 419 g/mol. The Hall–Kier alpha value is -3.50. The third kappa shape index (κ3) is 4.27. The monoisotopic (exact) mass is 446 g/mol. The number of carbonyl (C=O) groups excluding carboxylic acids is 1. The van der Waals surface area contributed by atoms with Gasteiger partial charge in [0.1, 0.15) is 18.5 Å². The molecule has 5 rings (SSSR count). The van der Waals surface area contributed by atoms with Crippen LogP contribution in [0, 0.1) is 24.1 Å². The first-order chi connectivity index (χ1) is 16.0. The van der Waals surface area contributed by atoms with E-state index in [1.165, 1.54) is 17.7 Å². The molecule has 0 atom stereocenters. The van der Waals surface area contributed by atoms with Crippen LogP contribution in [-0.4, -0.2) is 33.7 Å². The van der Waals surface area contributed by atoms with Crippen molar-refractivity contribution in [3.63, 3.8) is 0 Å². The molecule has 3 aromatic rings. The molecule has 0 saturated carbocycles. The first-order valence-corrected chi connectivity index (χ1v) is 11.3. The highest BCUT2D eigenvalue weighted by Crippen LogP contribution is 2.27. The van der Waals surface area contributed by atoms with Crippen LogP contribution >= 0.6 is 0 Å². The molecule has 7 heteroatoms. The minimum Gasteiger partial charge on any atom is -0.457 e. The Morgan fingerprint density at radius 2 is 2.06 bits per heavy atom. The number of hydrogen-bond acceptors (Lipinski definition) is 5. The van der Waals surface area contributed by atoms with Gasteiger partial charge in [0, 0.05) is 43.2 Å². The van der Waals surface area contributed by atoms with Crippen LogP contribution in [0.4, 0.5) is 4.39 Å². The van der Waals surface area contributed by atoms with E-state index >= 15 is 0 Å². The number of nitriles is 1. The van der Waals surface area contributed by atoms with Crippen LogP contribution in [0.5, 0.6) is 0 Å². The number of carbonyl (C=O) groups is 1. The summed E-state index contributed by atoms with van der Waals surface area (Å²) < 4.78 is 21.0. The highest BCUT2D eigenvalue weighted by atomic mass is 19.1. The quantitative estimate of drug-likeness (QED) is 0.553. The van der Waals surface area contributed by atoms with E-state index in [-0.39, 0.29) is 11.5 Å². The Morgan fingerprint density at radius 3 is 2.82 bits per heavy atom. The fourth-order valence-corrected chi connectivity index (χ4v) is 4.48. The Labute approximate surface area is 193 Å². The third-order valence-corrected chi connectivity index (χ3v) is 6.31. The number of rotatable bonds is 4. The molecule has 0 N–H and O–H groups in total. The predicted molar refractivity (Wildman–Crippen MR) is 123 cm³/mol. The van der Waals surface area contributed by atoms with Crippen molar-refractivity contribution in [2.75, 3.05) is 13.1 Å². The number of fused-ring (bicyclic) bond motifs is 2. The van der Waals surface area contributed by atoms with E-state index in [0.717, 1.165) is 54.9 Å². The molecule has 0 amide bonds. The van der Waals surface area contributed by atoms with Gasteiger partial charge in [0.05, 0.1) is 28.7 Å². The number of ether oxygens (including phenoxy) is 1. The minimum absolute atomic E-state index is 0.0359. The van der Waals surface area contributed by atoms with Gasteiger partial charge in [-0.15, -0.1) is 0 Å². The SMILES string of the molecule is CC.Cc1c(CCN2CCc3c(cnn3-c3ccc(C#N)c(F)c3)C2)ccc2c1COC2=O. The van der Waals surface area contributed by atoms with Gasteiger partial charge in [-0.25, -0.2) is 13.9 Å². The lowest BCUT2D eigenvalue weighted by molar-refractivity contribution is 0.0535. The molecule has 0 spiro atoms. The van der Waals surface area contributed by atoms with Crippen molar-refractivity contribution in [2.24, 2.45) is 0 Å². The van der Waals surface area contributed by atoms with Gasteiger partial charge in [0.25, 0.3) is 0 Å². The van der Waals surface area contributed by atoms with E-state index in [1.807, 2.05) is 38.2 Å². The van der Waals surface area contributed by atoms with Crippen molar-refractivity contribution in [3.8, 4) is 11.8 Å². The second-order valence-electron chi connectivity index (χ2n) is 8.03. The topological polar surface area (TPSA) is 71.2 Å². The van der Waals surface area contributed by atoms with Gasteiger partial charge < -0.3 is 4.74 Å². The predicted octanol–water partition coefficient (Wildman–Crippen LogP) is 4.49. The third-order valence-electron chi connectivity index (χ3n) is 6.31. The Bertz CT molecular complexity index is 1240. The largest absolute Gasteiger partial charge is 0.457 e. The lowest BCUT2D eigenvalue weighted by Gasteiger charge is -2.27. The summed E-state index contributed by atoms with van der Waals surface area (Å²) in [5.41, 5.74) is 6.99. The van der Waals surface area contributed by atoms with E-state index in [1.54, 1.807) is 10.7 Å². The van der Waals surface area contributed by atoms with Gasteiger partial charge in [-0.2, -0.15) is 10.4 Å². The molecule has 1 aromatic heterocycles. The van der Waals surface area contributed by atoms with Gasteiger partial charge in [-0.3, -0.25) is 4.90 Å². The van der Waals surface area contributed by atoms with Gasteiger partial charge in [0.2, 0.25) is 0 Å². The number of benzene rings is 2. The molecule has 0 unspecified atom stereocenters. The number of hydrogen-bond donors (Lipinski definition) is 0. The number of aromatic nitrogens is 2. The second kappa shape index (κ2) is 9.55. The van der Waals surface area contributed by atoms with Gasteiger partial charge >= 0.3 is 5.97 Å². The Balaban J connectivity index is 0.00000126. The summed E-state index contributed by atoms with van der Waals surface area (Å²) in [6, 6.07) is 10.3. The van der Waals surface area contributed by atoms with E-state index in [2.05, 4.69) is 16.9 Å². The van der Waals surface area contributed by atoms with Gasteiger partial charge in [0.15, 0.2) is 0 Å². The second-order valence-corrected chi connectivity index (χ2v) is 8.03. The first kappa shape index (κ1) is 22.7. The molecule has 6 nitrogen and oxygen atoms in total. The van der Waals surface area contributed by atoms with Gasteiger partial charge in [-0.1, -0.05) is 19.9 Å². The molecule has 0 fully saturated rings. The lowest BCUT2D eigenvalue weighted by atomic mass is 9.96. The highest BCUT2D eigenvalue weighted by Gasteiger charge is 2.25. The van der Waals surface area contributed by atoms with E-state index in [4.69, 9.17) is 10.00 Å². The molecule has 2 aliphatic heterocycles. The zero-order valence-electron chi connectivity index (χ0n) is 19.2. The van der Waals surface area contributed by atoms with Gasteiger partial charge in [-0.05, 0) is 42.7 Å². The van der Waals surface area contributed by atoms with Crippen LogP contribution in [0.25, 0.3) is 5.69 Å². The molecule has 0 radical (unpaired) electrons. The molecular formula is C26H27FN4O2. The molecule has 0 bridgehead atoms. The Kier molecular flexibility index (Phi) is 6.57. The highest BCUT2D eigenvalue weighted by molar-refractivity contribution is 5.93. The molecule has 33 heavy (non-hydrogen) atoms. The van der Waals surface area contributed by atoms with Crippen LogP contribution in [-0.2, 0) is 30.7 Å². The maximum atomic E-state index is 14.0.